The molecule has 0 amide bonds. The molecule has 212 valence electrons. The summed E-state index contributed by atoms with van der Waals surface area (Å²) in [4.78, 5) is 45.6. The lowest BCUT2D eigenvalue weighted by molar-refractivity contribution is -0.165. The van der Waals surface area contributed by atoms with Crippen molar-refractivity contribution in [2.24, 2.45) is 4.99 Å². The second kappa shape index (κ2) is 12.1. The molecule has 12 nitrogen and oxygen atoms in total. The number of esters is 2. The van der Waals surface area contributed by atoms with Gasteiger partial charge in [0.1, 0.15) is 29.9 Å². The van der Waals surface area contributed by atoms with E-state index in [-0.39, 0.29) is 36.9 Å². The molecule has 4 heterocycles. The molecular weight excluding hydrogens is 506 g/mol. The lowest BCUT2D eigenvalue weighted by Gasteiger charge is -2.30. The van der Waals surface area contributed by atoms with Crippen LogP contribution in [0.1, 0.15) is 78.4 Å². The summed E-state index contributed by atoms with van der Waals surface area (Å²) >= 11 is 0. The Morgan fingerprint density at radius 3 is 2.56 bits per heavy atom. The summed E-state index contributed by atoms with van der Waals surface area (Å²) < 4.78 is 19.1. The van der Waals surface area contributed by atoms with Crippen LogP contribution in [0.5, 0.6) is 0 Å². The summed E-state index contributed by atoms with van der Waals surface area (Å²) in [7, 11) is 0. The average Bonchev–Trinajstić information content (AvgIpc) is 3.34. The first-order valence-electron chi connectivity index (χ1n) is 13.5. The number of rotatable bonds is 12. The molecule has 39 heavy (non-hydrogen) atoms. The summed E-state index contributed by atoms with van der Waals surface area (Å²) in [5, 5.41) is 15.6. The fourth-order valence-electron chi connectivity index (χ4n) is 4.99. The van der Waals surface area contributed by atoms with Crippen molar-refractivity contribution in [2.75, 3.05) is 17.7 Å². The molecule has 0 bridgehead atoms. The largest absolute Gasteiger partial charge is 0.463 e. The topological polar surface area (TPSA) is 167 Å². The van der Waals surface area contributed by atoms with Crippen LogP contribution in [0.3, 0.4) is 0 Å². The van der Waals surface area contributed by atoms with Crippen LogP contribution in [-0.2, 0) is 23.8 Å². The highest BCUT2D eigenvalue weighted by molar-refractivity contribution is 6.10. The predicted octanol–water partition coefficient (Wildman–Crippen LogP) is 3.33. The van der Waals surface area contributed by atoms with Crippen molar-refractivity contribution in [3.63, 3.8) is 0 Å². The van der Waals surface area contributed by atoms with Crippen molar-refractivity contribution >= 4 is 46.4 Å². The Bertz CT molecular complexity index is 1310. The van der Waals surface area contributed by atoms with Crippen molar-refractivity contribution < 1.29 is 28.9 Å². The van der Waals surface area contributed by atoms with Gasteiger partial charge in [0.05, 0.1) is 11.7 Å². The van der Waals surface area contributed by atoms with Gasteiger partial charge in [0.2, 0.25) is 0 Å². The Morgan fingerprint density at radius 1 is 1.18 bits per heavy atom. The monoisotopic (exact) mass is 543 g/mol. The zero-order valence-corrected chi connectivity index (χ0v) is 22.6. The third-order valence-electron chi connectivity index (χ3n) is 7.05. The highest BCUT2D eigenvalue weighted by atomic mass is 16.6. The third-order valence-corrected chi connectivity index (χ3v) is 7.05. The SMILES string of the molecule is CCCCCC(=O)OC[C@H]1O[C@@H](n2cc3c(N)cc(=O)nc4c3c2N=CN4)C(C)(O)[C@@H]1OC(=O)CCCCC. The molecule has 0 saturated carbocycles. The second-order valence-corrected chi connectivity index (χ2v) is 10.2. The normalized spacial score (nSPS) is 23.5. The highest BCUT2D eigenvalue weighted by Gasteiger charge is 2.57. The zero-order valence-electron chi connectivity index (χ0n) is 22.6. The first-order chi connectivity index (χ1) is 18.7. The van der Waals surface area contributed by atoms with Crippen molar-refractivity contribution in [2.45, 2.75) is 96.2 Å². The van der Waals surface area contributed by atoms with Crippen molar-refractivity contribution in [1.29, 1.82) is 0 Å². The van der Waals surface area contributed by atoms with Crippen LogP contribution < -0.4 is 16.6 Å². The molecule has 12 heteroatoms. The van der Waals surface area contributed by atoms with Gasteiger partial charge in [0.15, 0.2) is 12.3 Å². The third kappa shape index (κ3) is 6.06. The minimum Gasteiger partial charge on any atom is -0.463 e. The van der Waals surface area contributed by atoms with Gasteiger partial charge < -0.3 is 34.9 Å². The maximum Gasteiger partial charge on any atom is 0.306 e. The highest BCUT2D eigenvalue weighted by Crippen LogP contribution is 2.46. The van der Waals surface area contributed by atoms with E-state index in [1.165, 1.54) is 19.3 Å². The summed E-state index contributed by atoms with van der Waals surface area (Å²) in [5.74, 6) is -0.233. The summed E-state index contributed by atoms with van der Waals surface area (Å²) in [5.41, 5.74) is 4.11. The van der Waals surface area contributed by atoms with Gasteiger partial charge in [-0.1, -0.05) is 39.5 Å². The number of nitrogen functional groups attached to an aromatic ring is 1. The van der Waals surface area contributed by atoms with Gasteiger partial charge in [-0.3, -0.25) is 14.4 Å². The van der Waals surface area contributed by atoms with Gasteiger partial charge in [-0.25, -0.2) is 4.99 Å². The quantitative estimate of drug-likeness (QED) is 0.267. The van der Waals surface area contributed by atoms with Gasteiger partial charge >= 0.3 is 11.9 Å². The number of ether oxygens (including phenoxy) is 3. The van der Waals surface area contributed by atoms with Crippen LogP contribution in [0.15, 0.2) is 22.1 Å². The van der Waals surface area contributed by atoms with E-state index in [4.69, 9.17) is 19.9 Å². The number of anilines is 2. The molecule has 1 unspecified atom stereocenters. The lowest BCUT2D eigenvalue weighted by atomic mass is 9.96. The predicted molar refractivity (Wildman–Crippen MR) is 146 cm³/mol. The Kier molecular flexibility index (Phi) is 8.86. The van der Waals surface area contributed by atoms with Crippen LogP contribution in [0, 0.1) is 0 Å². The maximum atomic E-state index is 12.7. The summed E-state index contributed by atoms with van der Waals surface area (Å²) in [6, 6.07) is 1.21. The number of carbonyl (C=O) groups excluding carboxylic acids is 2. The molecule has 0 aromatic carbocycles. The van der Waals surface area contributed by atoms with E-state index in [0.29, 0.717) is 29.4 Å². The molecule has 1 saturated heterocycles. The zero-order chi connectivity index (χ0) is 28.2. The number of aromatic nitrogens is 2. The number of nitrogens with zero attached hydrogens (tertiary/aromatic N) is 3. The van der Waals surface area contributed by atoms with E-state index in [0.717, 1.165) is 25.7 Å². The van der Waals surface area contributed by atoms with E-state index in [9.17, 15) is 19.5 Å². The minimum atomic E-state index is -1.74. The Morgan fingerprint density at radius 2 is 1.87 bits per heavy atom. The number of aliphatic hydroxyl groups is 1. The van der Waals surface area contributed by atoms with Crippen molar-refractivity contribution in [3.8, 4) is 0 Å². The van der Waals surface area contributed by atoms with Crippen molar-refractivity contribution in [3.05, 3.63) is 22.6 Å². The van der Waals surface area contributed by atoms with Crippen LogP contribution in [0.2, 0.25) is 0 Å². The molecule has 4 N–H and O–H groups in total. The summed E-state index contributed by atoms with van der Waals surface area (Å²) in [6.07, 6.45) is 5.40. The second-order valence-electron chi connectivity index (χ2n) is 10.2. The molecule has 2 aromatic rings. The fraction of sp³-hybridized carbons (Fsp3) is 0.593. The number of hydrogen-bond acceptors (Lipinski definition) is 11. The van der Waals surface area contributed by atoms with E-state index < -0.39 is 35.6 Å². The van der Waals surface area contributed by atoms with Crippen LogP contribution >= 0.6 is 0 Å². The number of unbranched alkanes of at least 4 members (excludes halogenated alkanes) is 4. The molecular formula is C27H37N5O7. The van der Waals surface area contributed by atoms with E-state index in [1.807, 2.05) is 13.8 Å². The van der Waals surface area contributed by atoms with Gasteiger partial charge in [0, 0.05) is 36.2 Å². The molecule has 0 aliphatic carbocycles. The maximum absolute atomic E-state index is 12.7. The van der Waals surface area contributed by atoms with Gasteiger partial charge in [-0.05, 0) is 19.8 Å². The van der Waals surface area contributed by atoms with Gasteiger partial charge in [-0.2, -0.15) is 4.98 Å². The van der Waals surface area contributed by atoms with Gasteiger partial charge in [0.25, 0.3) is 5.56 Å². The standard InChI is InChI=1S/C27H37N5O7/c1-4-6-8-10-20(34)37-14-18-23(39-21(35)11-9-7-5-2)27(3,36)26(38-18)32-13-16-17(28)12-19(33)31-24-22(16)25(32)30-15-29-24/h12-13,15,18,23,26,36H,4-11,14,28H2,1-3H3,(H,29,30,31,33)/t18-,23-,26-,27?/m1/s1. The number of carbonyl (C=O) groups is 2. The first-order valence-corrected chi connectivity index (χ1v) is 13.5. The molecule has 4 atom stereocenters. The number of aliphatic imine (C=N–C) groups is 1. The molecule has 1 fully saturated rings. The average molecular weight is 544 g/mol. The first kappa shape index (κ1) is 28.5. The Labute approximate surface area is 226 Å². The van der Waals surface area contributed by atoms with E-state index >= 15 is 0 Å². The fourth-order valence-corrected chi connectivity index (χ4v) is 4.99. The lowest BCUT2D eigenvalue weighted by Crippen LogP contribution is -2.47. The molecule has 0 spiro atoms. The molecule has 2 aromatic heterocycles. The minimum absolute atomic E-state index is 0.182. The molecule has 4 rings (SSSR count). The van der Waals surface area contributed by atoms with Gasteiger partial charge in [-0.15, -0.1) is 0 Å². The van der Waals surface area contributed by atoms with Crippen molar-refractivity contribution in [1.82, 2.24) is 9.55 Å². The summed E-state index contributed by atoms with van der Waals surface area (Å²) in [6.45, 7) is 5.39. The van der Waals surface area contributed by atoms with Crippen LogP contribution in [0.25, 0.3) is 10.8 Å². The Balaban J connectivity index is 1.66. The molecule has 2 aliphatic rings. The number of hydrogen-bond donors (Lipinski definition) is 3. The number of nitrogens with two attached hydrogens (primary N) is 1. The van der Waals surface area contributed by atoms with E-state index in [1.54, 1.807) is 10.8 Å². The smallest absolute Gasteiger partial charge is 0.306 e. The van der Waals surface area contributed by atoms with Crippen LogP contribution in [-0.4, -0.2) is 57.4 Å². The number of nitrogens with one attached hydrogen (secondary N) is 1. The Hall–Kier alpha value is -3.51. The van der Waals surface area contributed by atoms with Crippen LogP contribution in [0.4, 0.5) is 17.3 Å². The van der Waals surface area contributed by atoms with E-state index in [2.05, 4.69) is 15.3 Å². The molecule has 0 radical (unpaired) electrons. The molecule has 2 aliphatic heterocycles.